The predicted molar refractivity (Wildman–Crippen MR) is 125 cm³/mol. The molecule has 1 aliphatic carbocycles. The third-order valence-electron chi connectivity index (χ3n) is 5.70. The number of rotatable bonds is 6. The number of hydrogen-bond donors (Lipinski definition) is 2. The standard InChI is InChI=1S/C23H31N7O2/c1-4-5-12-29-20(22(27-17(2)32-3)28-13-10-26-11-14-28)21(25)30(23(29)31)16-19-9-7-6-8-18(19)15-24/h6,8,17,26H,7,9-14,16,25H2,1-3H3. The molecule has 3 N–H and O–H groups in total. The first kappa shape index (κ1) is 23.4. The topological polar surface area (TPSA) is 114 Å². The van der Waals surface area contributed by atoms with Gasteiger partial charge in [-0.2, -0.15) is 5.26 Å². The van der Waals surface area contributed by atoms with Crippen molar-refractivity contribution in [3.63, 3.8) is 0 Å². The van der Waals surface area contributed by atoms with Crippen molar-refractivity contribution in [3.8, 4) is 17.9 Å². The van der Waals surface area contributed by atoms with E-state index in [4.69, 9.17) is 15.5 Å². The first-order chi connectivity index (χ1) is 15.5. The lowest BCUT2D eigenvalue weighted by Gasteiger charge is -2.31. The monoisotopic (exact) mass is 437 g/mol. The summed E-state index contributed by atoms with van der Waals surface area (Å²) in [6.45, 7) is 7.16. The minimum absolute atomic E-state index is 0.207. The maximum atomic E-state index is 13.5. The Morgan fingerprint density at radius 1 is 1.38 bits per heavy atom. The second-order valence-electron chi connectivity index (χ2n) is 7.71. The van der Waals surface area contributed by atoms with Crippen molar-refractivity contribution in [2.45, 2.75) is 46.0 Å². The van der Waals surface area contributed by atoms with E-state index in [1.54, 1.807) is 18.6 Å². The summed E-state index contributed by atoms with van der Waals surface area (Å²) in [6, 6.07) is 2.23. The number of nitrogens with zero attached hydrogens (tertiary/aromatic N) is 5. The molecule has 0 aromatic carbocycles. The molecule has 1 fully saturated rings. The summed E-state index contributed by atoms with van der Waals surface area (Å²) in [6.07, 6.45) is 4.94. The summed E-state index contributed by atoms with van der Waals surface area (Å²) in [5, 5.41) is 12.8. The predicted octanol–water partition coefficient (Wildman–Crippen LogP) is 1.07. The van der Waals surface area contributed by atoms with Crippen molar-refractivity contribution in [1.82, 2.24) is 19.4 Å². The van der Waals surface area contributed by atoms with Crippen molar-refractivity contribution < 1.29 is 4.74 Å². The summed E-state index contributed by atoms with van der Waals surface area (Å²) in [5.41, 5.74) is 8.40. The Labute approximate surface area is 188 Å². The first-order valence-corrected chi connectivity index (χ1v) is 10.9. The molecule has 1 unspecified atom stereocenters. The molecule has 2 aliphatic rings. The fourth-order valence-electron chi connectivity index (χ4n) is 3.88. The van der Waals surface area contributed by atoms with E-state index in [9.17, 15) is 10.1 Å². The van der Waals surface area contributed by atoms with E-state index in [1.807, 2.05) is 19.1 Å². The zero-order valence-corrected chi connectivity index (χ0v) is 19.0. The van der Waals surface area contributed by atoms with Gasteiger partial charge in [-0.3, -0.25) is 9.13 Å². The van der Waals surface area contributed by atoms with Crippen LogP contribution in [0.2, 0.25) is 0 Å². The highest BCUT2D eigenvalue weighted by Crippen LogP contribution is 2.23. The van der Waals surface area contributed by atoms with E-state index in [1.165, 1.54) is 4.57 Å². The van der Waals surface area contributed by atoms with Crippen LogP contribution in [0.3, 0.4) is 0 Å². The smallest absolute Gasteiger partial charge is 0.331 e. The molecule has 1 aromatic rings. The molecule has 0 saturated carbocycles. The highest BCUT2D eigenvalue weighted by atomic mass is 16.5. The SMILES string of the molecule is CC#CCn1c(C(=NC(C)OC)N2CCNCC2)c(N)n(CC2=C(C#N)C=CCC2)c1=O. The normalized spacial score (nSPS) is 17.7. The Bertz CT molecular complexity index is 1080. The van der Waals surface area contributed by atoms with Crippen molar-refractivity contribution in [2.75, 3.05) is 39.0 Å². The van der Waals surface area contributed by atoms with Gasteiger partial charge in [0.25, 0.3) is 0 Å². The number of imidazole rings is 1. The second-order valence-corrected chi connectivity index (χ2v) is 7.71. The molecule has 0 spiro atoms. The average Bonchev–Trinajstić information content (AvgIpc) is 3.05. The summed E-state index contributed by atoms with van der Waals surface area (Å²) in [5.74, 6) is 6.80. The number of methoxy groups -OCH3 is 1. The molecule has 1 atom stereocenters. The van der Waals surface area contributed by atoms with Gasteiger partial charge in [-0.05, 0) is 38.3 Å². The molecule has 0 radical (unpaired) electrons. The van der Waals surface area contributed by atoms with Gasteiger partial charge in [0.15, 0.2) is 5.84 Å². The number of nitriles is 1. The minimum atomic E-state index is -0.403. The van der Waals surface area contributed by atoms with E-state index in [-0.39, 0.29) is 18.8 Å². The van der Waals surface area contributed by atoms with E-state index in [2.05, 4.69) is 28.1 Å². The molecule has 1 aromatic heterocycles. The fraction of sp³-hybridized carbons (Fsp3) is 0.522. The molecule has 0 bridgehead atoms. The van der Waals surface area contributed by atoms with Gasteiger partial charge in [0.1, 0.15) is 17.7 Å². The van der Waals surface area contributed by atoms with Gasteiger partial charge in [-0.25, -0.2) is 9.79 Å². The highest BCUT2D eigenvalue weighted by Gasteiger charge is 2.27. The summed E-state index contributed by atoms with van der Waals surface area (Å²) in [4.78, 5) is 20.4. The molecule has 1 saturated heterocycles. The van der Waals surface area contributed by atoms with Crippen LogP contribution >= 0.6 is 0 Å². The lowest BCUT2D eigenvalue weighted by atomic mass is 9.98. The van der Waals surface area contributed by atoms with Crippen LogP contribution in [0.4, 0.5) is 5.82 Å². The third kappa shape index (κ3) is 4.96. The number of allylic oxidation sites excluding steroid dienone is 4. The van der Waals surface area contributed by atoms with Gasteiger partial charge < -0.3 is 20.7 Å². The molecule has 3 rings (SSSR count). The van der Waals surface area contributed by atoms with Crippen molar-refractivity contribution in [2.24, 2.45) is 4.99 Å². The van der Waals surface area contributed by atoms with Crippen molar-refractivity contribution >= 4 is 11.7 Å². The molecular formula is C23H31N7O2. The molecular weight excluding hydrogens is 406 g/mol. The van der Waals surface area contributed by atoms with Gasteiger partial charge in [-0.1, -0.05) is 12.0 Å². The van der Waals surface area contributed by atoms with Crippen molar-refractivity contribution in [3.05, 3.63) is 39.5 Å². The number of nitrogen functional groups attached to an aromatic ring is 1. The lowest BCUT2D eigenvalue weighted by molar-refractivity contribution is 0.124. The molecule has 9 nitrogen and oxygen atoms in total. The van der Waals surface area contributed by atoms with E-state index in [0.29, 0.717) is 22.9 Å². The second kappa shape index (κ2) is 10.9. The fourth-order valence-corrected chi connectivity index (χ4v) is 3.88. The molecule has 9 heteroatoms. The van der Waals surface area contributed by atoms with Gasteiger partial charge >= 0.3 is 5.69 Å². The average molecular weight is 438 g/mol. The molecule has 170 valence electrons. The Kier molecular flexibility index (Phi) is 7.93. The van der Waals surface area contributed by atoms with Crippen LogP contribution in [-0.4, -0.2) is 59.4 Å². The number of aromatic nitrogens is 2. The maximum Gasteiger partial charge on any atom is 0.331 e. The zero-order chi connectivity index (χ0) is 23.1. The highest BCUT2D eigenvalue weighted by molar-refractivity contribution is 6.01. The summed E-state index contributed by atoms with van der Waals surface area (Å²) in [7, 11) is 1.60. The van der Waals surface area contributed by atoms with Crippen LogP contribution in [0, 0.1) is 23.2 Å². The number of amidine groups is 1. The van der Waals surface area contributed by atoms with Crippen LogP contribution in [0.15, 0.2) is 33.1 Å². The number of nitrogens with one attached hydrogen (secondary N) is 1. The number of aliphatic imine (C=N–C) groups is 1. The van der Waals surface area contributed by atoms with Crippen LogP contribution in [0.5, 0.6) is 0 Å². The van der Waals surface area contributed by atoms with Gasteiger partial charge in [0, 0.05) is 33.3 Å². The Balaban J connectivity index is 2.17. The molecule has 1 aliphatic heterocycles. The zero-order valence-electron chi connectivity index (χ0n) is 19.0. The van der Waals surface area contributed by atoms with Gasteiger partial charge in [-0.15, -0.1) is 5.92 Å². The van der Waals surface area contributed by atoms with Crippen LogP contribution in [0.25, 0.3) is 0 Å². The van der Waals surface area contributed by atoms with Gasteiger partial charge in [0.05, 0.1) is 24.7 Å². The number of ether oxygens (including phenoxy) is 1. The van der Waals surface area contributed by atoms with Crippen LogP contribution in [0.1, 0.15) is 32.4 Å². The number of nitrogens with two attached hydrogens (primary N) is 1. The van der Waals surface area contributed by atoms with Gasteiger partial charge in [0.2, 0.25) is 0 Å². The number of piperazine rings is 1. The number of anilines is 1. The lowest BCUT2D eigenvalue weighted by Crippen LogP contribution is -2.48. The molecule has 2 heterocycles. The quantitative estimate of drug-likeness (QED) is 0.391. The minimum Gasteiger partial charge on any atom is -0.383 e. The summed E-state index contributed by atoms with van der Waals surface area (Å²) < 4.78 is 8.52. The van der Waals surface area contributed by atoms with E-state index in [0.717, 1.165) is 44.6 Å². The largest absolute Gasteiger partial charge is 0.383 e. The first-order valence-electron chi connectivity index (χ1n) is 10.9. The number of hydrogen-bond acceptors (Lipinski definition) is 6. The summed E-state index contributed by atoms with van der Waals surface area (Å²) >= 11 is 0. The van der Waals surface area contributed by atoms with Crippen LogP contribution in [-0.2, 0) is 17.8 Å². The van der Waals surface area contributed by atoms with Crippen molar-refractivity contribution in [1.29, 1.82) is 5.26 Å². The maximum absolute atomic E-state index is 13.5. The van der Waals surface area contributed by atoms with E-state index >= 15 is 0 Å². The Morgan fingerprint density at radius 3 is 2.78 bits per heavy atom. The van der Waals surface area contributed by atoms with Crippen LogP contribution < -0.4 is 16.7 Å². The molecule has 0 amide bonds. The van der Waals surface area contributed by atoms with E-state index < -0.39 is 6.23 Å². The third-order valence-corrected chi connectivity index (χ3v) is 5.70. The molecule has 32 heavy (non-hydrogen) atoms. The Morgan fingerprint density at radius 2 is 2.12 bits per heavy atom. The Hall–Kier alpha value is -3.27.